The van der Waals surface area contributed by atoms with Crippen molar-refractivity contribution in [2.24, 2.45) is 5.73 Å². The van der Waals surface area contributed by atoms with Gasteiger partial charge in [0.1, 0.15) is 11.2 Å². The Kier molecular flexibility index (Phi) is 3.67. The lowest BCUT2D eigenvalue weighted by atomic mass is 10.5. The molecule has 0 radical (unpaired) electrons. The number of hydroxylamine groups is 1. The van der Waals surface area contributed by atoms with Crippen molar-refractivity contribution in [2.45, 2.75) is 6.54 Å². The third-order valence-electron chi connectivity index (χ3n) is 2.01. The highest BCUT2D eigenvalue weighted by molar-refractivity contribution is 9.10. The number of amides is 1. The van der Waals surface area contributed by atoms with E-state index in [0.717, 1.165) is 11.3 Å². The Morgan fingerprint density at radius 2 is 2.35 bits per heavy atom. The number of carbonyl (C=O) groups is 1. The number of hydrogen-bond donors (Lipinski definition) is 2. The van der Waals surface area contributed by atoms with Gasteiger partial charge in [0.25, 0.3) is 0 Å². The highest BCUT2D eigenvalue weighted by Gasteiger charge is 2.04. The molecule has 2 rings (SSSR count). The third-order valence-corrected chi connectivity index (χ3v) is 2.42. The van der Waals surface area contributed by atoms with E-state index < -0.39 is 5.91 Å². The fourth-order valence-corrected chi connectivity index (χ4v) is 1.60. The maximum atomic E-state index is 10.4. The highest BCUT2D eigenvalue weighted by atomic mass is 79.9. The van der Waals surface area contributed by atoms with Crippen LogP contribution in [0.2, 0.25) is 0 Å². The topological polar surface area (TPSA) is 94.5 Å². The fourth-order valence-electron chi connectivity index (χ4n) is 1.29. The summed E-state index contributed by atoms with van der Waals surface area (Å²) >= 11 is 3.28. The molecule has 0 aliphatic carbocycles. The van der Waals surface area contributed by atoms with Gasteiger partial charge in [0.15, 0.2) is 5.65 Å². The highest BCUT2D eigenvalue weighted by Crippen LogP contribution is 2.10. The summed E-state index contributed by atoms with van der Waals surface area (Å²) in [5.74, 6) is -0.525. The van der Waals surface area contributed by atoms with Crippen LogP contribution in [0.5, 0.6) is 0 Å². The molecule has 7 nitrogen and oxygen atoms in total. The second-order valence-corrected chi connectivity index (χ2v) is 4.08. The van der Waals surface area contributed by atoms with E-state index in [1.54, 1.807) is 18.6 Å². The minimum Gasteiger partial charge on any atom is -0.368 e. The third kappa shape index (κ3) is 2.99. The average molecular weight is 300 g/mol. The number of hydrogen-bond acceptors (Lipinski definition) is 5. The van der Waals surface area contributed by atoms with Crippen LogP contribution in [0.1, 0.15) is 5.69 Å². The summed E-state index contributed by atoms with van der Waals surface area (Å²) in [5, 5.41) is 0. The quantitative estimate of drug-likeness (QED) is 0.598. The Balaban J connectivity index is 2.03. The second-order valence-electron chi connectivity index (χ2n) is 3.26. The molecule has 0 fully saturated rings. The predicted octanol–water partition coefficient (Wildman–Crippen LogP) is -0.00170. The molecule has 0 spiro atoms. The first kappa shape index (κ1) is 12.0. The molecule has 3 N–H and O–H groups in total. The number of rotatable bonds is 5. The van der Waals surface area contributed by atoms with Gasteiger partial charge in [0.05, 0.1) is 24.6 Å². The van der Waals surface area contributed by atoms with Gasteiger partial charge in [-0.2, -0.15) is 5.48 Å². The molecule has 1 amide bonds. The van der Waals surface area contributed by atoms with Crippen molar-refractivity contribution in [2.75, 3.05) is 6.61 Å². The van der Waals surface area contributed by atoms with Crippen LogP contribution in [0.4, 0.5) is 0 Å². The van der Waals surface area contributed by atoms with Gasteiger partial charge >= 0.3 is 0 Å². The fraction of sp³-hybridized carbons (Fsp3) is 0.222. The van der Waals surface area contributed by atoms with Gasteiger partial charge in [0, 0.05) is 6.20 Å². The van der Waals surface area contributed by atoms with E-state index in [4.69, 9.17) is 10.6 Å². The lowest BCUT2D eigenvalue weighted by Gasteiger charge is -2.04. The minimum atomic E-state index is -0.525. The molecule has 2 heterocycles. The summed E-state index contributed by atoms with van der Waals surface area (Å²) in [7, 11) is 0. The average Bonchev–Trinajstić information content (AvgIpc) is 2.67. The van der Waals surface area contributed by atoms with Crippen molar-refractivity contribution in [1.82, 2.24) is 19.8 Å². The van der Waals surface area contributed by atoms with Gasteiger partial charge in [-0.15, -0.1) is 0 Å². The van der Waals surface area contributed by atoms with Crippen LogP contribution in [0.15, 0.2) is 23.2 Å². The Hall–Kier alpha value is -1.51. The number of aromatic nitrogens is 3. The Morgan fingerprint density at radius 1 is 1.53 bits per heavy atom. The smallest absolute Gasteiger partial charge is 0.245 e. The van der Waals surface area contributed by atoms with Crippen molar-refractivity contribution in [1.29, 1.82) is 0 Å². The normalized spacial score (nSPS) is 10.9. The van der Waals surface area contributed by atoms with Gasteiger partial charge in [-0.3, -0.25) is 14.0 Å². The lowest BCUT2D eigenvalue weighted by Crippen LogP contribution is -2.24. The Bertz CT molecular complexity index is 541. The zero-order valence-electron chi connectivity index (χ0n) is 8.76. The standard InChI is InChI=1S/C9H10BrN5O2/c10-7-4-15-6(1-13-9(15)3-12-7)2-14-17-5-8(11)16/h1,3-4,14H,2,5H2,(H2,11,16). The van der Waals surface area contributed by atoms with E-state index in [1.165, 1.54) is 0 Å². The number of fused-ring (bicyclic) bond motifs is 1. The van der Waals surface area contributed by atoms with Crippen molar-refractivity contribution in [3.05, 3.63) is 28.9 Å². The summed E-state index contributed by atoms with van der Waals surface area (Å²) in [5.41, 5.74) is 9.18. The molecule has 0 bridgehead atoms. The first-order valence-corrected chi connectivity index (χ1v) is 5.56. The van der Waals surface area contributed by atoms with Gasteiger partial charge in [-0.1, -0.05) is 0 Å². The number of primary amides is 1. The van der Waals surface area contributed by atoms with Crippen LogP contribution in [0.3, 0.4) is 0 Å². The molecule has 2 aromatic rings. The van der Waals surface area contributed by atoms with Crippen molar-refractivity contribution in [3.63, 3.8) is 0 Å². The largest absolute Gasteiger partial charge is 0.368 e. The Morgan fingerprint density at radius 3 is 3.12 bits per heavy atom. The molecule has 8 heteroatoms. The number of halogens is 1. The predicted molar refractivity (Wildman–Crippen MR) is 62.7 cm³/mol. The van der Waals surface area contributed by atoms with Crippen LogP contribution >= 0.6 is 15.9 Å². The number of nitrogens with two attached hydrogens (primary N) is 1. The van der Waals surface area contributed by atoms with Gasteiger partial charge in [0.2, 0.25) is 5.91 Å². The van der Waals surface area contributed by atoms with Crippen molar-refractivity contribution >= 4 is 27.5 Å². The Labute approximate surface area is 105 Å². The molecule has 0 aliphatic heterocycles. The molecule has 0 unspecified atom stereocenters. The monoisotopic (exact) mass is 299 g/mol. The maximum absolute atomic E-state index is 10.4. The number of imidazole rings is 1. The second kappa shape index (κ2) is 5.21. The van der Waals surface area contributed by atoms with E-state index in [0.29, 0.717) is 11.1 Å². The first-order valence-electron chi connectivity index (χ1n) is 4.77. The molecule has 0 atom stereocenters. The van der Waals surface area contributed by atoms with E-state index >= 15 is 0 Å². The number of carbonyl (C=O) groups excluding carboxylic acids is 1. The zero-order valence-corrected chi connectivity index (χ0v) is 10.3. The molecular formula is C9H10BrN5O2. The lowest BCUT2D eigenvalue weighted by molar-refractivity contribution is -0.125. The first-order chi connectivity index (χ1) is 8.16. The summed E-state index contributed by atoms with van der Waals surface area (Å²) < 4.78 is 2.57. The van der Waals surface area contributed by atoms with Gasteiger partial charge in [-0.25, -0.2) is 9.97 Å². The zero-order chi connectivity index (χ0) is 12.3. The molecular weight excluding hydrogens is 290 g/mol. The van der Waals surface area contributed by atoms with Gasteiger partial charge in [-0.05, 0) is 15.9 Å². The molecule has 0 aliphatic rings. The number of nitrogens with one attached hydrogen (secondary N) is 1. The molecule has 0 saturated heterocycles. The van der Waals surface area contributed by atoms with Gasteiger partial charge < -0.3 is 5.73 Å². The minimum absolute atomic E-state index is 0.165. The molecule has 2 aromatic heterocycles. The van der Waals surface area contributed by atoms with Crippen LogP contribution in [0, 0.1) is 0 Å². The van der Waals surface area contributed by atoms with Crippen molar-refractivity contribution < 1.29 is 9.63 Å². The van der Waals surface area contributed by atoms with Crippen molar-refractivity contribution in [3.8, 4) is 0 Å². The van der Waals surface area contributed by atoms with E-state index in [-0.39, 0.29) is 6.61 Å². The van der Waals surface area contributed by atoms with E-state index in [2.05, 4.69) is 31.4 Å². The molecule has 0 saturated carbocycles. The van der Waals surface area contributed by atoms with E-state index in [9.17, 15) is 4.79 Å². The van der Waals surface area contributed by atoms with Crippen LogP contribution in [-0.4, -0.2) is 26.9 Å². The molecule has 0 aromatic carbocycles. The summed E-state index contributed by atoms with van der Waals surface area (Å²) in [6.45, 7) is 0.243. The van der Waals surface area contributed by atoms with Crippen LogP contribution < -0.4 is 11.2 Å². The van der Waals surface area contributed by atoms with Crippen LogP contribution in [-0.2, 0) is 16.2 Å². The summed E-state index contributed by atoms with van der Waals surface area (Å²) in [6.07, 6.45) is 5.15. The van der Waals surface area contributed by atoms with E-state index in [1.807, 2.05) is 4.40 Å². The SMILES string of the molecule is NC(=O)CONCc1cnc2cnc(Br)cn12. The van der Waals surface area contributed by atoms with Crippen LogP contribution in [0.25, 0.3) is 5.65 Å². The molecule has 90 valence electrons. The summed E-state index contributed by atoms with van der Waals surface area (Å²) in [6, 6.07) is 0. The summed E-state index contributed by atoms with van der Waals surface area (Å²) in [4.78, 5) is 23.5. The maximum Gasteiger partial charge on any atom is 0.245 e. The number of nitrogens with zero attached hydrogens (tertiary/aromatic N) is 3. The molecule has 17 heavy (non-hydrogen) atoms.